The number of nitrogens with one attached hydrogen (secondary N) is 1. The molecular weight excluding hydrogens is 136 g/mol. The number of hydrogen-bond acceptors (Lipinski definition) is 4. The molecule has 0 saturated carbocycles. The van der Waals surface area contributed by atoms with Gasteiger partial charge in [-0.25, -0.2) is 0 Å². The van der Waals surface area contributed by atoms with Crippen molar-refractivity contribution in [3.63, 3.8) is 0 Å². The van der Waals surface area contributed by atoms with Crippen LogP contribution in [0.5, 0.6) is 0 Å². The van der Waals surface area contributed by atoms with Gasteiger partial charge in [-0.1, -0.05) is 18.5 Å². The second-order valence-electron chi connectivity index (χ2n) is 1.90. The summed E-state index contributed by atoms with van der Waals surface area (Å²) in [6.45, 7) is 2.16. The van der Waals surface area contributed by atoms with E-state index in [9.17, 15) is 0 Å². The average molecular weight is 146 g/mol. The summed E-state index contributed by atoms with van der Waals surface area (Å²) in [7, 11) is 0. The first kappa shape index (κ1) is 6.74. The maximum atomic E-state index is 4.65. The van der Waals surface area contributed by atoms with E-state index in [-0.39, 0.29) is 0 Å². The molecule has 0 unspecified atom stereocenters. The summed E-state index contributed by atoms with van der Waals surface area (Å²) in [6, 6.07) is 0. The zero-order valence-corrected chi connectivity index (χ0v) is 6.20. The fraction of sp³-hybridized carbons (Fsp3) is 0.800. The molecule has 1 aliphatic rings. The van der Waals surface area contributed by atoms with Gasteiger partial charge in [-0.15, -0.1) is 0 Å². The van der Waals surface area contributed by atoms with Crippen molar-refractivity contribution in [1.82, 2.24) is 4.72 Å². The zero-order valence-electron chi connectivity index (χ0n) is 5.39. The van der Waals surface area contributed by atoms with Crippen molar-refractivity contribution in [3.05, 3.63) is 0 Å². The Bertz CT molecular complexity index is 116. The number of nitrogens with zero attached hydrogens (tertiary/aromatic N) is 1. The summed E-state index contributed by atoms with van der Waals surface area (Å²) in [5.41, 5.74) is 0. The number of amidine groups is 1. The van der Waals surface area contributed by atoms with Crippen LogP contribution in [0.3, 0.4) is 0 Å². The number of rotatable bonds is 3. The van der Waals surface area contributed by atoms with E-state index >= 15 is 0 Å². The van der Waals surface area contributed by atoms with Gasteiger partial charge in [0.1, 0.15) is 0 Å². The van der Waals surface area contributed by atoms with Crippen LogP contribution in [-0.4, -0.2) is 5.84 Å². The highest BCUT2D eigenvalue weighted by molar-refractivity contribution is 7.93. The van der Waals surface area contributed by atoms with Gasteiger partial charge in [-0.05, 0) is 6.42 Å². The van der Waals surface area contributed by atoms with Crippen LogP contribution in [0, 0.1) is 0 Å². The molecule has 0 aromatic rings. The molecule has 1 heterocycles. The average Bonchev–Trinajstić information content (AvgIpc) is 2.34. The van der Waals surface area contributed by atoms with Crippen LogP contribution >= 0.6 is 12.2 Å². The first-order valence-electron chi connectivity index (χ1n) is 3.09. The molecule has 0 aliphatic carbocycles. The lowest BCUT2D eigenvalue weighted by Crippen LogP contribution is -2.09. The van der Waals surface area contributed by atoms with E-state index in [1.54, 1.807) is 0 Å². The number of unbranched alkanes of at least 4 members (excludes halogenated alkanes) is 1. The molecule has 4 heteroatoms. The Hall–Kier alpha value is -0.380. The largest absolute Gasteiger partial charge is 0.297 e. The lowest BCUT2D eigenvalue weighted by atomic mass is 10.2. The predicted octanol–water partition coefficient (Wildman–Crippen LogP) is 1.67. The Kier molecular flexibility index (Phi) is 2.70. The van der Waals surface area contributed by atoms with Crippen molar-refractivity contribution in [2.45, 2.75) is 26.2 Å². The maximum Gasteiger partial charge on any atom is 0.208 e. The Labute approximate surface area is 59.2 Å². The summed E-state index contributed by atoms with van der Waals surface area (Å²) < 4.78 is 7.58. The van der Waals surface area contributed by atoms with E-state index in [0.29, 0.717) is 0 Å². The third-order valence-corrected chi connectivity index (χ3v) is 1.58. The van der Waals surface area contributed by atoms with Gasteiger partial charge in [-0.2, -0.15) is 0 Å². The highest BCUT2D eigenvalue weighted by Crippen LogP contribution is 2.08. The quantitative estimate of drug-likeness (QED) is 0.485. The molecule has 1 N–H and O–H groups in total. The fourth-order valence-electron chi connectivity index (χ4n) is 0.590. The van der Waals surface area contributed by atoms with Gasteiger partial charge in [0.15, 0.2) is 5.84 Å². The second-order valence-corrected chi connectivity index (χ2v) is 2.42. The Morgan fingerprint density at radius 1 is 1.78 bits per heavy atom. The molecule has 1 rings (SSSR count). The van der Waals surface area contributed by atoms with Crippen molar-refractivity contribution in [2.24, 2.45) is 5.16 Å². The Balaban J connectivity index is 2.11. The standard InChI is InChI=1S/C5H10N2OS/c1-2-3-4-5-6-8-9-7-5/h2-4H2,1H3,(H,6,7). The molecule has 0 radical (unpaired) electrons. The van der Waals surface area contributed by atoms with Crippen LogP contribution in [0.25, 0.3) is 0 Å². The molecule has 0 fully saturated rings. The monoisotopic (exact) mass is 146 g/mol. The van der Waals surface area contributed by atoms with Gasteiger partial charge in [0.05, 0.1) is 0 Å². The number of hydrogen-bond donors (Lipinski definition) is 1. The molecule has 52 valence electrons. The zero-order chi connectivity index (χ0) is 6.53. The highest BCUT2D eigenvalue weighted by atomic mass is 32.2. The highest BCUT2D eigenvalue weighted by Gasteiger charge is 2.05. The summed E-state index contributed by atoms with van der Waals surface area (Å²) in [5, 5.41) is 3.74. The van der Waals surface area contributed by atoms with E-state index in [1.165, 1.54) is 25.1 Å². The van der Waals surface area contributed by atoms with Crippen LogP contribution in [0.4, 0.5) is 0 Å². The Morgan fingerprint density at radius 3 is 3.22 bits per heavy atom. The molecule has 9 heavy (non-hydrogen) atoms. The van der Waals surface area contributed by atoms with Gasteiger partial charge in [-0.3, -0.25) is 9.01 Å². The maximum absolute atomic E-state index is 4.65. The van der Waals surface area contributed by atoms with Crippen molar-refractivity contribution in [3.8, 4) is 0 Å². The molecule has 1 aliphatic heterocycles. The summed E-state index contributed by atoms with van der Waals surface area (Å²) in [5.74, 6) is 0.960. The molecule has 0 spiro atoms. The van der Waals surface area contributed by atoms with Crippen molar-refractivity contribution < 1.29 is 4.28 Å². The molecule has 0 aromatic carbocycles. The molecule has 0 saturated heterocycles. The minimum Gasteiger partial charge on any atom is -0.297 e. The lowest BCUT2D eigenvalue weighted by Gasteiger charge is -1.92. The smallest absolute Gasteiger partial charge is 0.208 e. The first-order valence-corrected chi connectivity index (χ1v) is 3.83. The first-order chi connectivity index (χ1) is 4.43. The van der Waals surface area contributed by atoms with Gasteiger partial charge >= 0.3 is 0 Å². The fourth-order valence-corrected chi connectivity index (χ4v) is 0.990. The molecular formula is C5H10N2OS. The molecule has 0 atom stereocenters. The third kappa shape index (κ3) is 2.13. The number of oxime groups is 1. The summed E-state index contributed by atoms with van der Waals surface area (Å²) in [4.78, 5) is 0. The Morgan fingerprint density at radius 2 is 2.67 bits per heavy atom. The molecule has 0 bridgehead atoms. The van der Waals surface area contributed by atoms with Crippen molar-refractivity contribution >= 4 is 18.1 Å². The van der Waals surface area contributed by atoms with E-state index in [1.807, 2.05) is 0 Å². The van der Waals surface area contributed by atoms with Gasteiger partial charge in [0.2, 0.25) is 12.2 Å². The third-order valence-electron chi connectivity index (χ3n) is 1.11. The van der Waals surface area contributed by atoms with E-state index < -0.39 is 0 Å². The van der Waals surface area contributed by atoms with E-state index in [4.69, 9.17) is 0 Å². The van der Waals surface area contributed by atoms with E-state index in [0.717, 1.165) is 12.3 Å². The predicted molar refractivity (Wildman–Crippen MR) is 38.8 cm³/mol. The normalized spacial score (nSPS) is 16.3. The van der Waals surface area contributed by atoms with Crippen LogP contribution in [-0.2, 0) is 4.28 Å². The van der Waals surface area contributed by atoms with Gasteiger partial charge < -0.3 is 0 Å². The van der Waals surface area contributed by atoms with E-state index in [2.05, 4.69) is 21.1 Å². The van der Waals surface area contributed by atoms with Gasteiger partial charge in [0.25, 0.3) is 0 Å². The second kappa shape index (κ2) is 3.61. The van der Waals surface area contributed by atoms with Crippen LogP contribution < -0.4 is 4.72 Å². The van der Waals surface area contributed by atoms with Crippen LogP contribution in [0.15, 0.2) is 5.16 Å². The van der Waals surface area contributed by atoms with Crippen LogP contribution in [0.1, 0.15) is 26.2 Å². The molecule has 3 nitrogen and oxygen atoms in total. The molecule has 0 amide bonds. The SMILES string of the molecule is CCCCC1=NOSN1. The molecule has 0 aromatic heterocycles. The van der Waals surface area contributed by atoms with Crippen LogP contribution in [0.2, 0.25) is 0 Å². The topological polar surface area (TPSA) is 33.6 Å². The minimum atomic E-state index is 0.960. The summed E-state index contributed by atoms with van der Waals surface area (Å²) >= 11 is 1.18. The van der Waals surface area contributed by atoms with Gasteiger partial charge in [0, 0.05) is 6.42 Å². The minimum absolute atomic E-state index is 0.960. The lowest BCUT2D eigenvalue weighted by molar-refractivity contribution is 0.414. The van der Waals surface area contributed by atoms with Crippen molar-refractivity contribution in [1.29, 1.82) is 0 Å². The van der Waals surface area contributed by atoms with Crippen molar-refractivity contribution in [2.75, 3.05) is 0 Å². The summed E-state index contributed by atoms with van der Waals surface area (Å²) in [6.07, 6.45) is 3.38.